The zero-order valence-corrected chi connectivity index (χ0v) is 8.46. The highest BCUT2D eigenvalue weighted by Gasteiger charge is 2.09. The smallest absolute Gasteiger partial charge is 0.0799 e. The van der Waals surface area contributed by atoms with Crippen molar-refractivity contribution >= 4 is 0 Å². The average molecular weight is 200 g/mol. The van der Waals surface area contributed by atoms with Crippen LogP contribution in [0.3, 0.4) is 0 Å². The van der Waals surface area contributed by atoms with Gasteiger partial charge in [-0.25, -0.2) is 0 Å². The molecule has 1 atom stereocenters. The minimum atomic E-state index is -0.258. The Morgan fingerprint density at radius 2 is 2.00 bits per heavy atom. The highest BCUT2D eigenvalue weighted by Crippen LogP contribution is 2.15. The molecule has 2 aromatic rings. The molecule has 0 saturated heterocycles. The van der Waals surface area contributed by atoms with Crippen LogP contribution < -0.4 is 5.73 Å². The van der Waals surface area contributed by atoms with Crippen LogP contribution in [-0.4, -0.2) is 15.0 Å². The molecule has 0 fully saturated rings. The van der Waals surface area contributed by atoms with E-state index >= 15 is 0 Å². The van der Waals surface area contributed by atoms with Crippen LogP contribution >= 0.6 is 0 Å². The fourth-order valence-electron chi connectivity index (χ4n) is 1.31. The Labute approximate surface area is 88.2 Å². The molecule has 1 unspecified atom stereocenters. The summed E-state index contributed by atoms with van der Waals surface area (Å²) < 4.78 is 0. The van der Waals surface area contributed by atoms with Crippen LogP contribution in [0.4, 0.5) is 0 Å². The molecule has 0 aliphatic heterocycles. The summed E-state index contributed by atoms with van der Waals surface area (Å²) in [4.78, 5) is 12.3. The molecule has 0 amide bonds. The SMILES string of the molecule is Cc1ccc(C(N)c2cnccn2)cn1. The second kappa shape index (κ2) is 4.14. The molecule has 2 heterocycles. The van der Waals surface area contributed by atoms with Gasteiger partial charge in [-0.05, 0) is 18.6 Å². The third-order valence-electron chi connectivity index (χ3n) is 2.20. The Hall–Kier alpha value is -1.81. The molecule has 4 nitrogen and oxygen atoms in total. The number of nitrogens with zero attached hydrogens (tertiary/aromatic N) is 3. The van der Waals surface area contributed by atoms with Gasteiger partial charge in [0.15, 0.2) is 0 Å². The van der Waals surface area contributed by atoms with Gasteiger partial charge in [-0.3, -0.25) is 15.0 Å². The van der Waals surface area contributed by atoms with E-state index in [1.165, 1.54) is 0 Å². The van der Waals surface area contributed by atoms with Crippen LogP contribution in [0.2, 0.25) is 0 Å². The first kappa shape index (κ1) is 9.73. The third kappa shape index (κ3) is 2.16. The van der Waals surface area contributed by atoms with E-state index in [4.69, 9.17) is 5.73 Å². The van der Waals surface area contributed by atoms with Gasteiger partial charge in [-0.15, -0.1) is 0 Å². The molecule has 15 heavy (non-hydrogen) atoms. The Bertz CT molecular complexity index is 424. The van der Waals surface area contributed by atoms with Crippen LogP contribution in [0, 0.1) is 6.92 Å². The highest BCUT2D eigenvalue weighted by molar-refractivity contribution is 5.24. The molecule has 0 spiro atoms. The minimum Gasteiger partial charge on any atom is -0.319 e. The number of aryl methyl sites for hydroxylation is 1. The van der Waals surface area contributed by atoms with E-state index in [-0.39, 0.29) is 6.04 Å². The standard InChI is InChI=1S/C11H12N4/c1-8-2-3-9(6-15-8)11(12)10-7-13-4-5-14-10/h2-7,11H,12H2,1H3. The van der Waals surface area contributed by atoms with Crippen molar-refractivity contribution in [3.63, 3.8) is 0 Å². The van der Waals surface area contributed by atoms with Crippen LogP contribution in [0.15, 0.2) is 36.9 Å². The van der Waals surface area contributed by atoms with Crippen molar-refractivity contribution < 1.29 is 0 Å². The van der Waals surface area contributed by atoms with Gasteiger partial charge in [0.25, 0.3) is 0 Å². The fraction of sp³-hybridized carbons (Fsp3) is 0.182. The van der Waals surface area contributed by atoms with Crippen molar-refractivity contribution in [2.45, 2.75) is 13.0 Å². The van der Waals surface area contributed by atoms with Crippen molar-refractivity contribution in [2.75, 3.05) is 0 Å². The van der Waals surface area contributed by atoms with E-state index in [2.05, 4.69) is 15.0 Å². The second-order valence-electron chi connectivity index (χ2n) is 3.34. The lowest BCUT2D eigenvalue weighted by molar-refractivity contribution is 0.810. The van der Waals surface area contributed by atoms with Crippen molar-refractivity contribution in [1.29, 1.82) is 0 Å². The zero-order chi connectivity index (χ0) is 10.7. The molecule has 0 saturated carbocycles. The van der Waals surface area contributed by atoms with Crippen molar-refractivity contribution in [2.24, 2.45) is 5.73 Å². The third-order valence-corrected chi connectivity index (χ3v) is 2.20. The van der Waals surface area contributed by atoms with E-state index < -0.39 is 0 Å². The zero-order valence-electron chi connectivity index (χ0n) is 8.46. The monoisotopic (exact) mass is 200 g/mol. The second-order valence-corrected chi connectivity index (χ2v) is 3.34. The van der Waals surface area contributed by atoms with Crippen LogP contribution in [0.1, 0.15) is 23.0 Å². The molecular weight excluding hydrogens is 188 g/mol. The Morgan fingerprint density at radius 3 is 2.60 bits per heavy atom. The molecule has 2 N–H and O–H groups in total. The molecule has 76 valence electrons. The van der Waals surface area contributed by atoms with Gasteiger partial charge in [0.2, 0.25) is 0 Å². The minimum absolute atomic E-state index is 0.258. The highest BCUT2D eigenvalue weighted by atomic mass is 14.8. The van der Waals surface area contributed by atoms with Gasteiger partial charge in [0, 0.05) is 24.3 Å². The first-order chi connectivity index (χ1) is 7.27. The van der Waals surface area contributed by atoms with E-state index in [0.29, 0.717) is 0 Å². The molecular formula is C11H12N4. The predicted molar refractivity (Wildman–Crippen MR) is 57.0 cm³/mol. The largest absolute Gasteiger partial charge is 0.319 e. The predicted octanol–water partition coefficient (Wildman–Crippen LogP) is 1.23. The molecule has 2 rings (SSSR count). The van der Waals surface area contributed by atoms with E-state index in [9.17, 15) is 0 Å². The van der Waals surface area contributed by atoms with Gasteiger partial charge < -0.3 is 5.73 Å². The first-order valence-corrected chi connectivity index (χ1v) is 4.71. The average Bonchev–Trinajstić information content (AvgIpc) is 2.30. The number of hydrogen-bond donors (Lipinski definition) is 1. The summed E-state index contributed by atoms with van der Waals surface area (Å²) in [5.74, 6) is 0. The van der Waals surface area contributed by atoms with E-state index in [1.54, 1.807) is 24.8 Å². The molecule has 0 radical (unpaired) electrons. The Kier molecular flexibility index (Phi) is 2.69. The summed E-state index contributed by atoms with van der Waals surface area (Å²) in [6.07, 6.45) is 6.71. The molecule has 0 aromatic carbocycles. The lowest BCUT2D eigenvalue weighted by Crippen LogP contribution is -2.13. The Morgan fingerprint density at radius 1 is 1.13 bits per heavy atom. The summed E-state index contributed by atoms with van der Waals surface area (Å²) in [6, 6.07) is 3.64. The molecule has 0 bridgehead atoms. The topological polar surface area (TPSA) is 64.7 Å². The van der Waals surface area contributed by atoms with E-state index in [0.717, 1.165) is 17.0 Å². The van der Waals surface area contributed by atoms with Crippen molar-refractivity contribution in [3.05, 3.63) is 53.9 Å². The molecule has 4 heteroatoms. The van der Waals surface area contributed by atoms with Crippen LogP contribution in [0.25, 0.3) is 0 Å². The van der Waals surface area contributed by atoms with Gasteiger partial charge in [0.05, 0.1) is 17.9 Å². The maximum Gasteiger partial charge on any atom is 0.0799 e. The molecule has 0 aliphatic carbocycles. The van der Waals surface area contributed by atoms with Gasteiger partial charge >= 0.3 is 0 Å². The normalized spacial score (nSPS) is 12.4. The van der Waals surface area contributed by atoms with Gasteiger partial charge in [-0.1, -0.05) is 6.07 Å². The van der Waals surface area contributed by atoms with Crippen LogP contribution in [-0.2, 0) is 0 Å². The Balaban J connectivity index is 2.29. The molecule has 2 aromatic heterocycles. The number of aromatic nitrogens is 3. The summed E-state index contributed by atoms with van der Waals surface area (Å²) in [6.45, 7) is 1.94. The first-order valence-electron chi connectivity index (χ1n) is 4.71. The lowest BCUT2D eigenvalue weighted by atomic mass is 10.1. The number of hydrogen-bond acceptors (Lipinski definition) is 4. The van der Waals surface area contributed by atoms with Gasteiger partial charge in [0.1, 0.15) is 0 Å². The number of nitrogens with two attached hydrogens (primary N) is 1. The lowest BCUT2D eigenvalue weighted by Gasteiger charge is -2.10. The summed E-state index contributed by atoms with van der Waals surface area (Å²) in [5.41, 5.74) is 8.70. The number of rotatable bonds is 2. The van der Waals surface area contributed by atoms with Crippen LogP contribution in [0.5, 0.6) is 0 Å². The van der Waals surface area contributed by atoms with Gasteiger partial charge in [-0.2, -0.15) is 0 Å². The number of pyridine rings is 1. The van der Waals surface area contributed by atoms with E-state index in [1.807, 2.05) is 19.1 Å². The quantitative estimate of drug-likeness (QED) is 0.791. The maximum absolute atomic E-state index is 6.02. The van der Waals surface area contributed by atoms with Crippen molar-refractivity contribution in [3.8, 4) is 0 Å². The summed E-state index contributed by atoms with van der Waals surface area (Å²) in [7, 11) is 0. The van der Waals surface area contributed by atoms with Crippen molar-refractivity contribution in [1.82, 2.24) is 15.0 Å². The fourth-order valence-corrected chi connectivity index (χ4v) is 1.31. The summed E-state index contributed by atoms with van der Waals surface area (Å²) in [5, 5.41) is 0. The molecule has 0 aliphatic rings. The summed E-state index contributed by atoms with van der Waals surface area (Å²) >= 11 is 0. The maximum atomic E-state index is 6.02.